The summed E-state index contributed by atoms with van der Waals surface area (Å²) in [5, 5.41) is 15.9. The highest BCUT2D eigenvalue weighted by Gasteiger charge is 2.25. The summed E-state index contributed by atoms with van der Waals surface area (Å²) >= 11 is 0. The highest BCUT2D eigenvalue weighted by atomic mass is 16.5. The molecule has 0 radical (unpaired) electrons. The van der Waals surface area contributed by atoms with Crippen LogP contribution in [0.5, 0.6) is 0 Å². The first-order valence-corrected chi connectivity index (χ1v) is 6.67. The summed E-state index contributed by atoms with van der Waals surface area (Å²) in [5.74, 6) is 0.601. The number of benzene rings is 1. The third-order valence-electron chi connectivity index (χ3n) is 3.92. The van der Waals surface area contributed by atoms with Crippen LogP contribution in [0.3, 0.4) is 0 Å². The number of hydrogen-bond acceptors (Lipinski definition) is 4. The molecule has 1 atom stereocenters. The Labute approximate surface area is 112 Å². The summed E-state index contributed by atoms with van der Waals surface area (Å²) in [7, 11) is 4.19. The summed E-state index contributed by atoms with van der Waals surface area (Å²) in [6.45, 7) is 1.95. The van der Waals surface area contributed by atoms with Crippen molar-refractivity contribution in [3.05, 3.63) is 34.3 Å². The minimum Gasteiger partial charge on any atom is -0.594 e. The Morgan fingerprint density at radius 3 is 2.63 bits per heavy atom. The summed E-state index contributed by atoms with van der Waals surface area (Å²) < 4.78 is 0. The van der Waals surface area contributed by atoms with Crippen LogP contribution in [0.4, 0.5) is 0 Å². The standard InChI is InChI=1S/C14H18N4O/c1-4-14-15-12-7-9-5-11(17(2)3)6-10(9)8-13(12)18(19)16-14/h7-8,11H,4-6H2,1-3H3. The largest absolute Gasteiger partial charge is 0.594 e. The molecule has 1 aromatic heterocycles. The molecule has 1 aromatic carbocycles. The van der Waals surface area contributed by atoms with Crippen molar-refractivity contribution >= 4 is 11.0 Å². The third-order valence-corrected chi connectivity index (χ3v) is 3.92. The quantitative estimate of drug-likeness (QED) is 0.592. The van der Waals surface area contributed by atoms with E-state index in [-0.39, 0.29) is 0 Å². The predicted octanol–water partition coefficient (Wildman–Crippen LogP) is 0.854. The van der Waals surface area contributed by atoms with Crippen LogP contribution in [-0.4, -0.2) is 35.1 Å². The molecule has 0 saturated heterocycles. The Balaban J connectivity index is 2.12. The van der Waals surface area contributed by atoms with Crippen molar-refractivity contribution in [3.8, 4) is 0 Å². The Morgan fingerprint density at radius 2 is 2.00 bits per heavy atom. The van der Waals surface area contributed by atoms with E-state index in [0.717, 1.165) is 18.4 Å². The molecule has 0 bridgehead atoms. The Bertz CT molecular complexity index is 639. The van der Waals surface area contributed by atoms with Gasteiger partial charge in [0.2, 0.25) is 0 Å². The van der Waals surface area contributed by atoms with E-state index in [1.807, 2.05) is 13.0 Å². The normalized spacial score (nSPS) is 18.2. The van der Waals surface area contributed by atoms with E-state index in [9.17, 15) is 5.21 Å². The van der Waals surface area contributed by atoms with Gasteiger partial charge in [0.05, 0.1) is 0 Å². The zero-order valence-corrected chi connectivity index (χ0v) is 11.6. The molecule has 0 saturated carbocycles. The first-order chi connectivity index (χ1) is 9.08. The second-order valence-electron chi connectivity index (χ2n) is 5.39. The van der Waals surface area contributed by atoms with E-state index in [1.165, 1.54) is 11.1 Å². The van der Waals surface area contributed by atoms with Crippen LogP contribution >= 0.6 is 0 Å². The third kappa shape index (κ3) is 2.04. The van der Waals surface area contributed by atoms with Crippen molar-refractivity contribution in [1.29, 1.82) is 0 Å². The molecule has 2 aromatic rings. The molecule has 0 spiro atoms. The lowest BCUT2D eigenvalue weighted by Gasteiger charge is -2.17. The van der Waals surface area contributed by atoms with E-state index in [2.05, 4.69) is 35.1 Å². The van der Waals surface area contributed by atoms with Crippen LogP contribution in [0.25, 0.3) is 11.0 Å². The molecule has 1 unspecified atom stereocenters. The van der Waals surface area contributed by atoms with E-state index in [4.69, 9.17) is 0 Å². The molecule has 5 nitrogen and oxygen atoms in total. The molecule has 19 heavy (non-hydrogen) atoms. The van der Waals surface area contributed by atoms with Gasteiger partial charge in [-0.05, 0) is 49.0 Å². The Morgan fingerprint density at radius 1 is 1.32 bits per heavy atom. The first-order valence-electron chi connectivity index (χ1n) is 6.67. The Hall–Kier alpha value is -1.75. The second-order valence-corrected chi connectivity index (χ2v) is 5.39. The average Bonchev–Trinajstić information content (AvgIpc) is 2.79. The maximum atomic E-state index is 11.9. The molecule has 1 heterocycles. The van der Waals surface area contributed by atoms with Crippen molar-refractivity contribution in [3.63, 3.8) is 0 Å². The van der Waals surface area contributed by atoms with Crippen LogP contribution in [0, 0.1) is 5.21 Å². The van der Waals surface area contributed by atoms with Gasteiger partial charge in [0.15, 0.2) is 5.82 Å². The molecule has 0 N–H and O–H groups in total. The number of aromatic nitrogens is 3. The molecule has 1 aliphatic rings. The SMILES string of the molecule is CCc1nc2cc3c(cc2[n+]([O-])n1)CC(N(C)C)C3. The number of fused-ring (bicyclic) bond motifs is 2. The molecule has 5 heteroatoms. The first kappa shape index (κ1) is 12.3. The predicted molar refractivity (Wildman–Crippen MR) is 72.8 cm³/mol. The maximum Gasteiger partial charge on any atom is 0.270 e. The minimum atomic E-state index is 0.519. The van der Waals surface area contributed by atoms with Crippen molar-refractivity contribution in [2.75, 3.05) is 14.1 Å². The van der Waals surface area contributed by atoms with Gasteiger partial charge in [-0.2, -0.15) is 0 Å². The van der Waals surface area contributed by atoms with Gasteiger partial charge in [0.25, 0.3) is 5.52 Å². The van der Waals surface area contributed by atoms with Gasteiger partial charge in [-0.1, -0.05) is 6.92 Å². The number of nitrogens with zero attached hydrogens (tertiary/aromatic N) is 4. The molecule has 0 aliphatic heterocycles. The van der Waals surface area contributed by atoms with Crippen LogP contribution < -0.4 is 4.85 Å². The van der Waals surface area contributed by atoms with Gasteiger partial charge < -0.3 is 10.1 Å². The van der Waals surface area contributed by atoms with E-state index < -0.39 is 0 Å². The number of likely N-dealkylation sites (N-methyl/N-ethyl adjacent to an activating group) is 1. The number of rotatable bonds is 2. The molecule has 1 aliphatic carbocycles. The van der Waals surface area contributed by atoms with E-state index in [1.54, 1.807) is 0 Å². The minimum absolute atomic E-state index is 0.519. The monoisotopic (exact) mass is 258 g/mol. The lowest BCUT2D eigenvalue weighted by Crippen LogP contribution is -2.34. The summed E-state index contributed by atoms with van der Waals surface area (Å²) in [6, 6.07) is 4.54. The molecule has 100 valence electrons. The number of aryl methyl sites for hydroxylation is 1. The summed E-state index contributed by atoms with van der Waals surface area (Å²) in [4.78, 5) is 7.40. The lowest BCUT2D eigenvalue weighted by molar-refractivity contribution is -0.644. The van der Waals surface area contributed by atoms with Crippen LogP contribution in [0.2, 0.25) is 0 Å². The van der Waals surface area contributed by atoms with Gasteiger partial charge in [-0.25, -0.2) is 4.98 Å². The molecule has 3 rings (SSSR count). The number of hydrogen-bond donors (Lipinski definition) is 0. The van der Waals surface area contributed by atoms with Gasteiger partial charge in [-0.15, -0.1) is 0 Å². The van der Waals surface area contributed by atoms with E-state index in [0.29, 0.717) is 28.6 Å². The van der Waals surface area contributed by atoms with Gasteiger partial charge in [-0.3, -0.25) is 0 Å². The maximum absolute atomic E-state index is 11.9. The Kier molecular flexibility index (Phi) is 2.86. The highest BCUT2D eigenvalue weighted by Crippen LogP contribution is 2.27. The smallest absolute Gasteiger partial charge is 0.270 e. The fourth-order valence-corrected chi connectivity index (χ4v) is 2.70. The van der Waals surface area contributed by atoms with Gasteiger partial charge in [0.1, 0.15) is 5.52 Å². The fraction of sp³-hybridized carbons (Fsp3) is 0.500. The van der Waals surface area contributed by atoms with Crippen LogP contribution in [0.15, 0.2) is 12.1 Å². The second kappa shape index (κ2) is 4.42. The summed E-state index contributed by atoms with van der Waals surface area (Å²) in [5.41, 5.74) is 3.91. The van der Waals surface area contributed by atoms with E-state index >= 15 is 0 Å². The van der Waals surface area contributed by atoms with Crippen molar-refractivity contribution in [2.45, 2.75) is 32.2 Å². The van der Waals surface area contributed by atoms with Crippen LogP contribution in [0.1, 0.15) is 23.9 Å². The van der Waals surface area contributed by atoms with Crippen LogP contribution in [-0.2, 0) is 19.3 Å². The lowest BCUT2D eigenvalue weighted by atomic mass is 10.1. The van der Waals surface area contributed by atoms with Gasteiger partial charge in [0, 0.05) is 23.6 Å². The van der Waals surface area contributed by atoms with Crippen molar-refractivity contribution in [2.24, 2.45) is 0 Å². The van der Waals surface area contributed by atoms with Crippen molar-refractivity contribution < 1.29 is 4.85 Å². The zero-order valence-electron chi connectivity index (χ0n) is 11.6. The molecule has 0 fully saturated rings. The fourth-order valence-electron chi connectivity index (χ4n) is 2.70. The zero-order chi connectivity index (χ0) is 13.6. The van der Waals surface area contributed by atoms with Crippen molar-refractivity contribution in [1.82, 2.24) is 15.0 Å². The summed E-state index contributed by atoms with van der Waals surface area (Å²) in [6.07, 6.45) is 2.70. The highest BCUT2D eigenvalue weighted by molar-refractivity contribution is 5.73. The molecular weight excluding hydrogens is 240 g/mol. The average molecular weight is 258 g/mol. The van der Waals surface area contributed by atoms with Gasteiger partial charge >= 0.3 is 0 Å². The topological polar surface area (TPSA) is 56.0 Å². The molecular formula is C14H18N4O. The molecule has 0 amide bonds.